The average molecular weight is 361 g/mol. The number of thiocarbonyl (C=S) groups is 1. The van der Waals surface area contributed by atoms with E-state index in [-0.39, 0.29) is 5.91 Å². The molecule has 0 aliphatic carbocycles. The quantitative estimate of drug-likeness (QED) is 0.572. The van der Waals surface area contributed by atoms with Crippen molar-refractivity contribution in [2.45, 2.75) is 0 Å². The van der Waals surface area contributed by atoms with Gasteiger partial charge in [0.1, 0.15) is 11.4 Å². The number of fused-ring (bicyclic) bond motifs is 1. The highest BCUT2D eigenvalue weighted by Gasteiger charge is 2.33. The number of pyridine rings is 1. The number of para-hydroxylation sites is 3. The molecule has 2 heterocycles. The van der Waals surface area contributed by atoms with Crippen molar-refractivity contribution in [1.29, 1.82) is 0 Å². The molecule has 0 saturated carbocycles. The number of anilines is 1. The van der Waals surface area contributed by atoms with Crippen LogP contribution in [0, 0.1) is 0 Å². The Labute approximate surface area is 155 Å². The van der Waals surface area contributed by atoms with E-state index in [2.05, 4.69) is 10.3 Å². The summed E-state index contributed by atoms with van der Waals surface area (Å²) >= 11 is 5.38. The summed E-state index contributed by atoms with van der Waals surface area (Å²) in [4.78, 5) is 18.8. The molecule has 1 aliphatic rings. The number of rotatable bonds is 3. The molecular formula is C20H15N3O2S. The second kappa shape index (κ2) is 6.57. The van der Waals surface area contributed by atoms with Crippen molar-refractivity contribution in [2.75, 3.05) is 12.0 Å². The Morgan fingerprint density at radius 3 is 2.73 bits per heavy atom. The van der Waals surface area contributed by atoms with Gasteiger partial charge >= 0.3 is 0 Å². The minimum atomic E-state index is -0.222. The number of nitrogens with zero attached hydrogens (tertiary/aromatic N) is 2. The molecule has 128 valence electrons. The van der Waals surface area contributed by atoms with E-state index in [1.54, 1.807) is 31.5 Å². The van der Waals surface area contributed by atoms with Crippen molar-refractivity contribution in [3.8, 4) is 5.75 Å². The van der Waals surface area contributed by atoms with Crippen LogP contribution in [0.3, 0.4) is 0 Å². The van der Waals surface area contributed by atoms with Crippen LogP contribution < -0.4 is 15.0 Å². The molecule has 4 rings (SSSR count). The smallest absolute Gasteiger partial charge is 0.281 e. The third-order valence-electron chi connectivity index (χ3n) is 4.19. The van der Waals surface area contributed by atoms with Gasteiger partial charge in [-0.25, -0.2) is 4.90 Å². The molecule has 6 heteroatoms. The zero-order valence-electron chi connectivity index (χ0n) is 14.0. The van der Waals surface area contributed by atoms with E-state index in [9.17, 15) is 4.79 Å². The molecule has 0 atom stereocenters. The van der Waals surface area contributed by atoms with Crippen molar-refractivity contribution >= 4 is 45.9 Å². The van der Waals surface area contributed by atoms with Gasteiger partial charge in [-0.15, -0.1) is 0 Å². The first-order valence-corrected chi connectivity index (χ1v) is 8.44. The highest BCUT2D eigenvalue weighted by Crippen LogP contribution is 2.31. The molecule has 1 amide bonds. The predicted molar refractivity (Wildman–Crippen MR) is 106 cm³/mol. The molecular weight excluding hydrogens is 346 g/mol. The molecule has 2 aromatic carbocycles. The van der Waals surface area contributed by atoms with Crippen molar-refractivity contribution in [2.24, 2.45) is 0 Å². The number of benzene rings is 2. The Kier molecular flexibility index (Phi) is 4.10. The molecule has 0 unspecified atom stereocenters. The fourth-order valence-corrected chi connectivity index (χ4v) is 3.26. The van der Waals surface area contributed by atoms with E-state index in [4.69, 9.17) is 17.0 Å². The van der Waals surface area contributed by atoms with Crippen LogP contribution >= 0.6 is 12.2 Å². The summed E-state index contributed by atoms with van der Waals surface area (Å²) in [6.07, 6.45) is 3.53. The Hall–Kier alpha value is -3.25. The molecule has 0 bridgehead atoms. The van der Waals surface area contributed by atoms with E-state index in [1.807, 2.05) is 42.5 Å². The van der Waals surface area contributed by atoms with Gasteiger partial charge in [-0.2, -0.15) is 0 Å². The van der Waals surface area contributed by atoms with Gasteiger partial charge < -0.3 is 10.1 Å². The van der Waals surface area contributed by atoms with Crippen molar-refractivity contribution in [3.05, 3.63) is 72.1 Å². The number of carbonyl (C=O) groups excluding carboxylic acids is 1. The Morgan fingerprint density at radius 2 is 1.88 bits per heavy atom. The molecule has 1 saturated heterocycles. The van der Waals surface area contributed by atoms with Crippen LogP contribution in [-0.4, -0.2) is 23.1 Å². The van der Waals surface area contributed by atoms with E-state index in [1.165, 1.54) is 4.90 Å². The number of nitrogens with one attached hydrogen (secondary N) is 1. The molecule has 26 heavy (non-hydrogen) atoms. The number of methoxy groups -OCH3 is 1. The minimum absolute atomic E-state index is 0.222. The van der Waals surface area contributed by atoms with Gasteiger partial charge in [0.2, 0.25) is 0 Å². The highest BCUT2D eigenvalue weighted by atomic mass is 32.1. The van der Waals surface area contributed by atoms with Gasteiger partial charge in [0.25, 0.3) is 5.91 Å². The number of hydrogen-bond donors (Lipinski definition) is 1. The lowest BCUT2D eigenvalue weighted by Crippen LogP contribution is -2.30. The van der Waals surface area contributed by atoms with E-state index < -0.39 is 0 Å². The van der Waals surface area contributed by atoms with Gasteiger partial charge in [-0.05, 0) is 48.1 Å². The number of amides is 1. The maximum Gasteiger partial charge on any atom is 0.281 e. The maximum atomic E-state index is 13.0. The zero-order chi connectivity index (χ0) is 18.1. The summed E-state index contributed by atoms with van der Waals surface area (Å²) < 4.78 is 5.36. The van der Waals surface area contributed by atoms with Gasteiger partial charge in [0.15, 0.2) is 5.11 Å². The fraction of sp³-hybridized carbons (Fsp3) is 0.0500. The highest BCUT2D eigenvalue weighted by molar-refractivity contribution is 7.80. The largest absolute Gasteiger partial charge is 0.495 e. The molecule has 1 aromatic heterocycles. The van der Waals surface area contributed by atoms with E-state index in [0.29, 0.717) is 22.2 Å². The van der Waals surface area contributed by atoms with Crippen LogP contribution in [-0.2, 0) is 4.79 Å². The van der Waals surface area contributed by atoms with Gasteiger partial charge in [0.05, 0.1) is 18.3 Å². The van der Waals surface area contributed by atoms with Crippen LogP contribution in [0.15, 0.2) is 66.5 Å². The van der Waals surface area contributed by atoms with Gasteiger partial charge in [0, 0.05) is 11.6 Å². The topological polar surface area (TPSA) is 54.5 Å². The first-order valence-electron chi connectivity index (χ1n) is 8.03. The molecule has 3 aromatic rings. The van der Waals surface area contributed by atoms with Crippen LogP contribution in [0.4, 0.5) is 5.69 Å². The summed E-state index contributed by atoms with van der Waals surface area (Å²) in [6, 6.07) is 17.0. The summed E-state index contributed by atoms with van der Waals surface area (Å²) in [7, 11) is 1.57. The SMILES string of the molecule is COc1ccccc1N1C(=O)/C(=C\c2ccnc3ccccc23)NC1=S. The summed E-state index contributed by atoms with van der Waals surface area (Å²) in [5.41, 5.74) is 2.80. The van der Waals surface area contributed by atoms with E-state index >= 15 is 0 Å². The van der Waals surface area contributed by atoms with Gasteiger partial charge in [-0.3, -0.25) is 9.78 Å². The molecule has 5 nitrogen and oxygen atoms in total. The lowest BCUT2D eigenvalue weighted by molar-refractivity contribution is -0.113. The standard InChI is InChI=1S/C20H15N3O2S/c1-25-18-9-5-4-8-17(18)23-19(24)16(22-20(23)26)12-13-10-11-21-15-7-3-2-6-14(13)15/h2-12H,1H3,(H,22,26)/b16-12+. The second-order valence-corrected chi connectivity index (χ2v) is 6.10. The lowest BCUT2D eigenvalue weighted by atomic mass is 10.1. The Morgan fingerprint density at radius 1 is 1.12 bits per heavy atom. The predicted octanol–water partition coefficient (Wildman–Crippen LogP) is 3.51. The molecule has 1 aliphatic heterocycles. The third kappa shape index (κ3) is 2.70. The van der Waals surface area contributed by atoms with Crippen LogP contribution in [0.2, 0.25) is 0 Å². The monoisotopic (exact) mass is 361 g/mol. The summed E-state index contributed by atoms with van der Waals surface area (Å²) in [5.74, 6) is 0.362. The summed E-state index contributed by atoms with van der Waals surface area (Å²) in [5, 5.41) is 4.30. The minimum Gasteiger partial charge on any atom is -0.495 e. The Balaban J connectivity index is 1.76. The number of carbonyl (C=O) groups is 1. The van der Waals surface area contributed by atoms with Crippen LogP contribution in [0.25, 0.3) is 17.0 Å². The Bertz CT molecular complexity index is 1060. The average Bonchev–Trinajstić information content (AvgIpc) is 2.95. The first kappa shape index (κ1) is 16.2. The maximum absolute atomic E-state index is 13.0. The van der Waals surface area contributed by atoms with Crippen molar-refractivity contribution in [1.82, 2.24) is 10.3 Å². The summed E-state index contributed by atoms with van der Waals surface area (Å²) in [6.45, 7) is 0. The first-order chi connectivity index (χ1) is 12.7. The van der Waals surface area contributed by atoms with E-state index in [0.717, 1.165) is 16.5 Å². The molecule has 1 N–H and O–H groups in total. The zero-order valence-corrected chi connectivity index (χ0v) is 14.8. The third-order valence-corrected chi connectivity index (χ3v) is 4.47. The molecule has 0 spiro atoms. The second-order valence-electron chi connectivity index (χ2n) is 5.72. The molecule has 0 radical (unpaired) electrons. The van der Waals surface area contributed by atoms with Crippen LogP contribution in [0.1, 0.15) is 5.56 Å². The number of aromatic nitrogens is 1. The van der Waals surface area contributed by atoms with Crippen molar-refractivity contribution in [3.63, 3.8) is 0 Å². The lowest BCUT2D eigenvalue weighted by Gasteiger charge is -2.17. The fourth-order valence-electron chi connectivity index (χ4n) is 2.97. The molecule has 1 fully saturated rings. The van der Waals surface area contributed by atoms with Crippen LogP contribution in [0.5, 0.6) is 5.75 Å². The van der Waals surface area contributed by atoms with Crippen molar-refractivity contribution < 1.29 is 9.53 Å². The number of hydrogen-bond acceptors (Lipinski definition) is 4. The normalized spacial score (nSPS) is 15.6. The number of ether oxygens (including phenoxy) is 1. The van der Waals surface area contributed by atoms with Gasteiger partial charge in [-0.1, -0.05) is 30.3 Å².